The van der Waals surface area contributed by atoms with Crippen LogP contribution in [0.3, 0.4) is 0 Å². The van der Waals surface area contributed by atoms with Crippen molar-refractivity contribution in [3.05, 3.63) is 33.6 Å². The van der Waals surface area contributed by atoms with Crippen LogP contribution in [0, 0.1) is 0 Å². The quantitative estimate of drug-likeness (QED) is 0.337. The summed E-state index contributed by atoms with van der Waals surface area (Å²) in [5.74, 6) is -0.128. The molecule has 0 aliphatic heterocycles. The van der Waals surface area contributed by atoms with E-state index in [4.69, 9.17) is 23.2 Å². The summed E-state index contributed by atoms with van der Waals surface area (Å²) >= 11 is 16.3. The van der Waals surface area contributed by atoms with Gasteiger partial charge in [0.2, 0.25) is 11.0 Å². The van der Waals surface area contributed by atoms with Crippen molar-refractivity contribution in [3.63, 3.8) is 0 Å². The van der Waals surface area contributed by atoms with Crippen LogP contribution in [0.5, 0.6) is 0 Å². The van der Waals surface area contributed by atoms with Gasteiger partial charge in [-0.05, 0) is 31.9 Å². The average Bonchev–Trinajstić information content (AvgIpc) is 3.40. The molecule has 11 heteroatoms. The highest BCUT2D eigenvalue weighted by atomic mass is 35.5. The summed E-state index contributed by atoms with van der Waals surface area (Å²) in [6.07, 6.45) is 6.20. The van der Waals surface area contributed by atoms with E-state index in [-0.39, 0.29) is 11.2 Å². The second-order valence-corrected chi connectivity index (χ2v) is 11.5. The number of aromatic nitrogens is 3. The smallest absolute Gasteiger partial charge is 0.239 e. The van der Waals surface area contributed by atoms with Crippen molar-refractivity contribution < 1.29 is 4.79 Å². The highest BCUT2D eigenvalue weighted by Gasteiger charge is 2.20. The molecule has 0 saturated heterocycles. The molecule has 1 saturated carbocycles. The third-order valence-corrected chi connectivity index (χ3v) is 8.47. The van der Waals surface area contributed by atoms with Gasteiger partial charge in [0.25, 0.3) is 0 Å². The molecule has 2 aromatic heterocycles. The fourth-order valence-corrected chi connectivity index (χ4v) is 6.26. The molecule has 3 aromatic rings. The number of amides is 1. The molecular formula is C20H21Cl2N5OS3. The number of nitrogens with one attached hydrogen (secondary N) is 2. The topological polar surface area (TPSA) is 79.8 Å². The van der Waals surface area contributed by atoms with Crippen LogP contribution in [0.25, 0.3) is 11.3 Å². The van der Waals surface area contributed by atoms with Crippen molar-refractivity contribution in [3.8, 4) is 11.3 Å². The van der Waals surface area contributed by atoms with Gasteiger partial charge in [-0.3, -0.25) is 4.79 Å². The van der Waals surface area contributed by atoms with Crippen molar-refractivity contribution in [1.29, 1.82) is 0 Å². The Labute approximate surface area is 203 Å². The van der Waals surface area contributed by atoms with E-state index in [9.17, 15) is 4.79 Å². The van der Waals surface area contributed by atoms with Crippen LogP contribution < -0.4 is 10.6 Å². The first-order chi connectivity index (χ1) is 15.0. The second-order valence-electron chi connectivity index (χ2n) is 7.27. The molecule has 31 heavy (non-hydrogen) atoms. The lowest BCUT2D eigenvalue weighted by Gasteiger charge is -2.21. The average molecular weight is 515 g/mol. The number of benzene rings is 1. The maximum atomic E-state index is 12.6. The molecule has 1 fully saturated rings. The SMILES string of the molecule is C[C@@H](Sc1nnc(NC2CCCCC2)s1)C(=O)Nc1nc(-c2ccc(Cl)c(Cl)c2)cs1. The monoisotopic (exact) mass is 513 g/mol. The van der Waals surface area contributed by atoms with Crippen LogP contribution in [0.1, 0.15) is 39.0 Å². The third-order valence-electron chi connectivity index (χ3n) is 4.94. The van der Waals surface area contributed by atoms with Crippen molar-refractivity contribution in [2.75, 3.05) is 10.6 Å². The molecule has 2 heterocycles. The van der Waals surface area contributed by atoms with Crippen molar-refractivity contribution in [2.24, 2.45) is 0 Å². The van der Waals surface area contributed by atoms with Gasteiger partial charge < -0.3 is 10.6 Å². The van der Waals surface area contributed by atoms with E-state index in [0.29, 0.717) is 21.2 Å². The summed E-state index contributed by atoms with van der Waals surface area (Å²) in [5.41, 5.74) is 1.59. The normalized spacial score (nSPS) is 15.6. The van der Waals surface area contributed by atoms with Crippen molar-refractivity contribution >= 4 is 73.8 Å². The Morgan fingerprint density at radius 2 is 1.97 bits per heavy atom. The predicted octanol–water partition coefficient (Wildman–Crippen LogP) is 6.83. The van der Waals surface area contributed by atoms with Crippen molar-refractivity contribution in [2.45, 2.75) is 54.7 Å². The molecule has 1 amide bonds. The highest BCUT2D eigenvalue weighted by molar-refractivity contribution is 8.02. The predicted molar refractivity (Wildman–Crippen MR) is 132 cm³/mol. The molecule has 0 bridgehead atoms. The summed E-state index contributed by atoms with van der Waals surface area (Å²) < 4.78 is 0.775. The van der Waals surface area contributed by atoms with Crippen LogP contribution in [0.2, 0.25) is 10.0 Å². The Balaban J connectivity index is 1.32. The number of thioether (sulfide) groups is 1. The summed E-state index contributed by atoms with van der Waals surface area (Å²) in [4.78, 5) is 17.1. The number of carbonyl (C=O) groups excluding carboxylic acids is 1. The Morgan fingerprint density at radius 3 is 2.74 bits per heavy atom. The van der Waals surface area contributed by atoms with Crippen LogP contribution in [-0.4, -0.2) is 32.4 Å². The number of nitrogens with zero attached hydrogens (tertiary/aromatic N) is 3. The Bertz CT molecular complexity index is 1050. The third kappa shape index (κ3) is 6.10. The first-order valence-corrected chi connectivity index (χ1v) is 13.3. The first kappa shape index (κ1) is 22.8. The zero-order valence-electron chi connectivity index (χ0n) is 16.7. The van der Waals surface area contributed by atoms with Crippen molar-refractivity contribution in [1.82, 2.24) is 15.2 Å². The molecule has 0 radical (unpaired) electrons. The molecule has 1 aliphatic rings. The van der Waals surface area contributed by atoms with Gasteiger partial charge in [-0.2, -0.15) is 0 Å². The van der Waals surface area contributed by atoms with Gasteiger partial charge in [0, 0.05) is 17.0 Å². The van der Waals surface area contributed by atoms with Gasteiger partial charge in [-0.25, -0.2) is 4.98 Å². The number of anilines is 2. The first-order valence-electron chi connectivity index (χ1n) is 9.96. The molecule has 2 N–H and O–H groups in total. The van der Waals surface area contributed by atoms with E-state index in [1.54, 1.807) is 12.1 Å². The minimum Gasteiger partial charge on any atom is -0.357 e. The number of rotatable bonds is 7. The molecule has 6 nitrogen and oxygen atoms in total. The number of hydrogen-bond acceptors (Lipinski definition) is 8. The second kappa shape index (κ2) is 10.5. The number of carbonyl (C=O) groups is 1. The minimum absolute atomic E-state index is 0.128. The molecule has 4 rings (SSSR count). The Kier molecular flexibility index (Phi) is 7.71. The lowest BCUT2D eigenvalue weighted by atomic mass is 9.96. The lowest BCUT2D eigenvalue weighted by molar-refractivity contribution is -0.115. The summed E-state index contributed by atoms with van der Waals surface area (Å²) in [6.45, 7) is 1.85. The van der Waals surface area contributed by atoms with Gasteiger partial charge in [0.05, 0.1) is 21.0 Å². The largest absolute Gasteiger partial charge is 0.357 e. The van der Waals surface area contributed by atoms with Crippen LogP contribution in [-0.2, 0) is 4.79 Å². The van der Waals surface area contributed by atoms with Crippen LogP contribution in [0.4, 0.5) is 10.3 Å². The van der Waals surface area contributed by atoms with Gasteiger partial charge in [0.15, 0.2) is 9.47 Å². The molecule has 0 unspecified atom stereocenters. The van der Waals surface area contributed by atoms with E-state index in [0.717, 1.165) is 20.7 Å². The number of thiazole rings is 1. The van der Waals surface area contributed by atoms with E-state index in [2.05, 4.69) is 25.8 Å². The Morgan fingerprint density at radius 1 is 1.16 bits per heavy atom. The maximum Gasteiger partial charge on any atom is 0.239 e. The maximum absolute atomic E-state index is 12.6. The highest BCUT2D eigenvalue weighted by Crippen LogP contribution is 2.33. The summed E-state index contributed by atoms with van der Waals surface area (Å²) in [5, 5.41) is 18.7. The molecular weight excluding hydrogens is 493 g/mol. The minimum atomic E-state index is -0.326. The van der Waals surface area contributed by atoms with E-state index >= 15 is 0 Å². The van der Waals surface area contributed by atoms with E-state index in [1.165, 1.54) is 66.5 Å². The molecule has 1 aliphatic carbocycles. The molecule has 1 atom stereocenters. The number of hydrogen-bond donors (Lipinski definition) is 2. The Hall–Kier alpha value is -1.39. The fourth-order valence-electron chi connectivity index (χ4n) is 3.27. The number of halogens is 2. The lowest BCUT2D eigenvalue weighted by Crippen LogP contribution is -2.22. The van der Waals surface area contributed by atoms with E-state index in [1.807, 2.05) is 18.4 Å². The molecule has 0 spiro atoms. The fraction of sp³-hybridized carbons (Fsp3) is 0.400. The van der Waals surface area contributed by atoms with Gasteiger partial charge in [-0.15, -0.1) is 21.5 Å². The van der Waals surface area contributed by atoms with Crippen LogP contribution >= 0.6 is 57.6 Å². The van der Waals surface area contributed by atoms with Gasteiger partial charge >= 0.3 is 0 Å². The zero-order valence-corrected chi connectivity index (χ0v) is 20.7. The summed E-state index contributed by atoms with van der Waals surface area (Å²) in [6, 6.07) is 5.82. The standard InChI is InChI=1S/C20H21Cl2N5OS3/c1-11(30-20-27-26-19(31-20)23-13-5-3-2-4-6-13)17(28)25-18-24-16(10-29-18)12-7-8-14(21)15(22)9-12/h7-11,13H,2-6H2,1H3,(H,23,26)(H,24,25,28)/t11-/m1/s1. The summed E-state index contributed by atoms with van der Waals surface area (Å²) in [7, 11) is 0. The van der Waals surface area contributed by atoms with E-state index < -0.39 is 0 Å². The van der Waals surface area contributed by atoms with Crippen LogP contribution in [0.15, 0.2) is 27.9 Å². The molecule has 164 valence electrons. The molecule has 1 aromatic carbocycles. The zero-order chi connectivity index (χ0) is 21.8. The van der Waals surface area contributed by atoms with Gasteiger partial charge in [0.1, 0.15) is 0 Å². The van der Waals surface area contributed by atoms with Gasteiger partial charge in [-0.1, -0.05) is 71.6 Å².